The summed E-state index contributed by atoms with van der Waals surface area (Å²) in [6.45, 7) is 2.28. The Hall–Kier alpha value is 0.434. The molecule has 0 aromatic carbocycles. The van der Waals surface area contributed by atoms with Gasteiger partial charge in [0.15, 0.2) is 0 Å². The minimum absolute atomic E-state index is 1.18. The van der Waals surface area contributed by atoms with Crippen molar-refractivity contribution in [3.05, 3.63) is 0 Å². The lowest BCUT2D eigenvalue weighted by Crippen LogP contribution is -1.90. The fraction of sp³-hybridized carbons (Fsp3) is 1.00. The van der Waals surface area contributed by atoms with Crippen molar-refractivity contribution in [3.8, 4) is 0 Å². The molecule has 0 aromatic rings. The number of hydrogen-bond donors (Lipinski definition) is 0. The molecule has 2 heteroatoms. The lowest BCUT2D eigenvalue weighted by molar-refractivity contribution is 0.618. The summed E-state index contributed by atoms with van der Waals surface area (Å²) in [5.41, 5.74) is 0. The summed E-state index contributed by atoms with van der Waals surface area (Å²) in [6, 6.07) is 0. The molecule has 0 fully saturated rings. The van der Waals surface area contributed by atoms with Crippen LogP contribution in [0.4, 0.5) is 0 Å². The Morgan fingerprint density at radius 3 is 2.10 bits per heavy atom. The largest absolute Gasteiger partial charge is 0.0662 e. The molecule has 0 aliphatic rings. The molecule has 0 spiro atoms. The van der Waals surface area contributed by atoms with Crippen LogP contribution >= 0.6 is 0 Å². The van der Waals surface area contributed by atoms with Crippen molar-refractivity contribution in [1.82, 2.24) is 0 Å². The fourth-order valence-corrected chi connectivity index (χ4v) is 1.97. The third kappa shape index (κ3) is 8.43. The Balaban J connectivity index is 2.77. The van der Waals surface area contributed by atoms with Crippen molar-refractivity contribution in [1.29, 1.82) is 0 Å². The van der Waals surface area contributed by atoms with Crippen LogP contribution in [0.25, 0.3) is 0 Å². The molecule has 0 unspecified atom stereocenters. The van der Waals surface area contributed by atoms with Crippen molar-refractivity contribution < 1.29 is 0 Å². The summed E-state index contributed by atoms with van der Waals surface area (Å²) in [4.78, 5) is 0. The molecule has 0 saturated carbocycles. The Labute approximate surface area is 71.6 Å². The second-order valence-corrected chi connectivity index (χ2v) is 9.85. The normalized spacial score (nSPS) is 14.1. The lowest BCUT2D eigenvalue weighted by Gasteiger charge is -2.02. The monoisotopic (exact) mass is 174 g/mol. The van der Waals surface area contributed by atoms with E-state index in [0.29, 0.717) is 0 Å². The highest BCUT2D eigenvalue weighted by atomic mass is 28.2. The van der Waals surface area contributed by atoms with Gasteiger partial charge in [0.2, 0.25) is 0 Å². The Kier molecular flexibility index (Phi) is 7.87. The van der Waals surface area contributed by atoms with Gasteiger partial charge in [-0.25, -0.2) is 0 Å². The lowest BCUT2D eigenvalue weighted by atomic mass is 10.1. The standard InChI is InChI=1S/C8H22Si2/c1-2-3-4-5-6-7-8(9)10/h8H,2-7H2,1,9-10H3. The zero-order valence-corrected chi connectivity index (χ0v) is 11.8. The van der Waals surface area contributed by atoms with E-state index in [0.717, 1.165) is 0 Å². The van der Waals surface area contributed by atoms with Gasteiger partial charge in [-0.1, -0.05) is 50.6 Å². The molecule has 62 valence electrons. The van der Waals surface area contributed by atoms with Gasteiger partial charge in [-0.3, -0.25) is 0 Å². The smallest absolute Gasteiger partial charge is 0.00245 e. The average molecular weight is 174 g/mol. The molecule has 0 bridgehead atoms. The van der Waals surface area contributed by atoms with Crippen molar-refractivity contribution in [2.75, 3.05) is 0 Å². The molecule has 0 aliphatic carbocycles. The highest BCUT2D eigenvalue weighted by Gasteiger charge is 1.92. The first-order chi connectivity index (χ1) is 4.77. The highest BCUT2D eigenvalue weighted by Crippen LogP contribution is 2.09. The molecule has 0 heterocycles. The van der Waals surface area contributed by atoms with E-state index in [4.69, 9.17) is 0 Å². The third-order valence-corrected chi connectivity index (χ3v) is 3.04. The van der Waals surface area contributed by atoms with Gasteiger partial charge in [-0.2, -0.15) is 0 Å². The Morgan fingerprint density at radius 1 is 1.00 bits per heavy atom. The van der Waals surface area contributed by atoms with Crippen LogP contribution in [0.3, 0.4) is 0 Å². The van der Waals surface area contributed by atoms with Crippen molar-refractivity contribution in [2.45, 2.75) is 50.6 Å². The van der Waals surface area contributed by atoms with Gasteiger partial charge in [0, 0.05) is 20.5 Å². The topological polar surface area (TPSA) is 0 Å². The maximum Gasteiger partial charge on any atom is 0.00245 e. The summed E-state index contributed by atoms with van der Waals surface area (Å²) in [7, 11) is 2.90. The van der Waals surface area contributed by atoms with E-state index < -0.39 is 0 Å². The summed E-state index contributed by atoms with van der Waals surface area (Å²) >= 11 is 0. The van der Waals surface area contributed by atoms with Crippen LogP contribution in [0.15, 0.2) is 0 Å². The van der Waals surface area contributed by atoms with Gasteiger partial charge in [0.1, 0.15) is 0 Å². The molecule has 0 aliphatic heterocycles. The first kappa shape index (κ1) is 10.4. The summed E-state index contributed by atoms with van der Waals surface area (Å²) in [5, 5.41) is 1.18. The van der Waals surface area contributed by atoms with Crippen LogP contribution in [0.5, 0.6) is 0 Å². The molecular formula is C8H22Si2. The highest BCUT2D eigenvalue weighted by molar-refractivity contribution is 6.35. The number of hydrogen-bond acceptors (Lipinski definition) is 0. The van der Waals surface area contributed by atoms with Gasteiger partial charge < -0.3 is 0 Å². The van der Waals surface area contributed by atoms with Crippen molar-refractivity contribution >= 4 is 20.5 Å². The SMILES string of the molecule is CCCCCCCC([SiH3])[SiH3]. The zero-order chi connectivity index (χ0) is 7.82. The molecular weight excluding hydrogens is 152 g/mol. The maximum absolute atomic E-state index is 2.28. The van der Waals surface area contributed by atoms with E-state index in [-0.39, 0.29) is 0 Å². The number of rotatable bonds is 6. The first-order valence-electron chi connectivity index (χ1n) is 4.77. The second kappa shape index (κ2) is 7.54. The Morgan fingerprint density at radius 2 is 1.60 bits per heavy atom. The van der Waals surface area contributed by atoms with Gasteiger partial charge >= 0.3 is 0 Å². The van der Waals surface area contributed by atoms with Crippen molar-refractivity contribution in [2.24, 2.45) is 0 Å². The van der Waals surface area contributed by atoms with Crippen LogP contribution < -0.4 is 0 Å². The minimum Gasteiger partial charge on any atom is -0.0662 e. The van der Waals surface area contributed by atoms with E-state index in [2.05, 4.69) is 6.92 Å². The molecule has 0 N–H and O–H groups in total. The first-order valence-corrected chi connectivity index (χ1v) is 7.08. The van der Waals surface area contributed by atoms with Crippen molar-refractivity contribution in [3.63, 3.8) is 0 Å². The summed E-state index contributed by atoms with van der Waals surface area (Å²) < 4.78 is 0. The van der Waals surface area contributed by atoms with E-state index in [1.165, 1.54) is 57.8 Å². The number of unbranched alkanes of at least 4 members (excludes halogenated alkanes) is 4. The van der Waals surface area contributed by atoms with Crippen LogP contribution in [0.1, 0.15) is 45.4 Å². The zero-order valence-electron chi connectivity index (χ0n) is 7.82. The predicted molar refractivity (Wildman–Crippen MR) is 57.0 cm³/mol. The van der Waals surface area contributed by atoms with E-state index in [9.17, 15) is 0 Å². The van der Waals surface area contributed by atoms with Crippen LogP contribution in [-0.4, -0.2) is 20.5 Å². The van der Waals surface area contributed by atoms with Crippen LogP contribution in [0.2, 0.25) is 5.16 Å². The minimum atomic E-state index is 1.18. The molecule has 0 nitrogen and oxygen atoms in total. The quantitative estimate of drug-likeness (QED) is 0.413. The molecule has 0 atom stereocenters. The molecule has 0 aromatic heterocycles. The van der Waals surface area contributed by atoms with Gasteiger partial charge in [-0.15, -0.1) is 0 Å². The summed E-state index contributed by atoms with van der Waals surface area (Å²) in [6.07, 6.45) is 8.86. The summed E-state index contributed by atoms with van der Waals surface area (Å²) in [5.74, 6) is 0. The molecule has 0 saturated heterocycles. The predicted octanol–water partition coefficient (Wildman–Crippen LogP) is 0.824. The van der Waals surface area contributed by atoms with E-state index in [1.807, 2.05) is 0 Å². The van der Waals surface area contributed by atoms with E-state index >= 15 is 0 Å². The molecule has 10 heavy (non-hydrogen) atoms. The third-order valence-electron chi connectivity index (χ3n) is 1.89. The molecule has 0 rings (SSSR count). The fourth-order valence-electron chi connectivity index (χ4n) is 1.16. The van der Waals surface area contributed by atoms with Gasteiger partial charge in [-0.05, 0) is 0 Å². The molecule has 0 amide bonds. The van der Waals surface area contributed by atoms with Crippen LogP contribution in [0, 0.1) is 0 Å². The van der Waals surface area contributed by atoms with E-state index in [1.54, 1.807) is 6.42 Å². The molecule has 0 radical (unpaired) electrons. The second-order valence-electron chi connectivity index (χ2n) is 3.60. The Bertz CT molecular complexity index is 62.3. The maximum atomic E-state index is 2.28. The average Bonchev–Trinajstić information content (AvgIpc) is 1.87. The van der Waals surface area contributed by atoms with Gasteiger partial charge in [0.05, 0.1) is 0 Å². The van der Waals surface area contributed by atoms with Gasteiger partial charge in [0.25, 0.3) is 0 Å². The van der Waals surface area contributed by atoms with Crippen LogP contribution in [-0.2, 0) is 0 Å².